The van der Waals surface area contributed by atoms with Crippen molar-refractivity contribution >= 4 is 28.9 Å². The molecule has 3 rings (SSSR count). The van der Waals surface area contributed by atoms with Gasteiger partial charge in [0.05, 0.1) is 16.6 Å². The van der Waals surface area contributed by atoms with Crippen molar-refractivity contribution in [1.82, 2.24) is 5.32 Å². The smallest absolute Gasteiger partial charge is 0.253 e. The molecular weight excluding hydrogens is 334 g/mol. The molecule has 1 heterocycles. The molecule has 1 unspecified atom stereocenters. The van der Waals surface area contributed by atoms with Crippen molar-refractivity contribution in [1.29, 1.82) is 0 Å². The van der Waals surface area contributed by atoms with Gasteiger partial charge in [0.1, 0.15) is 0 Å². The molecular formula is C20H24ClN3O. The van der Waals surface area contributed by atoms with Crippen molar-refractivity contribution < 1.29 is 4.79 Å². The third kappa shape index (κ3) is 4.07. The summed E-state index contributed by atoms with van der Waals surface area (Å²) in [5.74, 6) is -0.160. The van der Waals surface area contributed by atoms with Crippen LogP contribution in [0.4, 0.5) is 11.4 Å². The molecule has 1 atom stereocenters. The van der Waals surface area contributed by atoms with E-state index in [1.807, 2.05) is 20.0 Å². The molecule has 2 aromatic carbocycles. The van der Waals surface area contributed by atoms with E-state index < -0.39 is 0 Å². The first kappa shape index (κ1) is 17.6. The predicted octanol–water partition coefficient (Wildman–Crippen LogP) is 4.47. The number of carbonyl (C=O) groups is 1. The van der Waals surface area contributed by atoms with Gasteiger partial charge in [0.2, 0.25) is 0 Å². The predicted molar refractivity (Wildman–Crippen MR) is 105 cm³/mol. The average Bonchev–Trinajstić information content (AvgIpc) is 3.16. The molecule has 0 bridgehead atoms. The van der Waals surface area contributed by atoms with Crippen molar-refractivity contribution in [2.45, 2.75) is 25.8 Å². The van der Waals surface area contributed by atoms with Crippen LogP contribution in [-0.4, -0.2) is 26.0 Å². The number of benzene rings is 2. The van der Waals surface area contributed by atoms with Crippen molar-refractivity contribution in [3.05, 3.63) is 58.6 Å². The molecule has 0 aromatic heterocycles. The Morgan fingerprint density at radius 1 is 1.16 bits per heavy atom. The molecule has 132 valence electrons. The average molecular weight is 358 g/mol. The monoisotopic (exact) mass is 357 g/mol. The molecule has 1 amide bonds. The fourth-order valence-electron chi connectivity index (χ4n) is 3.18. The van der Waals surface area contributed by atoms with E-state index >= 15 is 0 Å². The fraction of sp³-hybridized carbons (Fsp3) is 0.350. The molecule has 0 saturated carbocycles. The summed E-state index contributed by atoms with van der Waals surface area (Å²) >= 11 is 6.24. The highest BCUT2D eigenvalue weighted by molar-refractivity contribution is 6.34. The van der Waals surface area contributed by atoms with Gasteiger partial charge in [0.15, 0.2) is 0 Å². The van der Waals surface area contributed by atoms with Crippen molar-refractivity contribution in [2.75, 3.05) is 30.4 Å². The molecule has 0 spiro atoms. The van der Waals surface area contributed by atoms with Crippen LogP contribution in [0.3, 0.4) is 0 Å². The Morgan fingerprint density at radius 3 is 2.60 bits per heavy atom. The van der Waals surface area contributed by atoms with Gasteiger partial charge in [-0.3, -0.25) is 4.79 Å². The van der Waals surface area contributed by atoms with Crippen LogP contribution in [0.5, 0.6) is 0 Å². The Morgan fingerprint density at radius 2 is 1.92 bits per heavy atom. The molecule has 4 nitrogen and oxygen atoms in total. The van der Waals surface area contributed by atoms with Gasteiger partial charge in [0, 0.05) is 31.5 Å². The number of rotatable bonds is 5. The second-order valence-corrected chi connectivity index (χ2v) is 6.84. The summed E-state index contributed by atoms with van der Waals surface area (Å²) < 4.78 is 0. The first-order chi connectivity index (χ1) is 12.1. The highest BCUT2D eigenvalue weighted by Crippen LogP contribution is 2.25. The summed E-state index contributed by atoms with van der Waals surface area (Å²) in [5.41, 5.74) is 3.70. The summed E-state index contributed by atoms with van der Waals surface area (Å²) in [5, 5.41) is 6.51. The molecule has 1 aliphatic heterocycles. The van der Waals surface area contributed by atoms with Crippen LogP contribution in [0.25, 0.3) is 0 Å². The number of anilines is 2. The lowest BCUT2D eigenvalue weighted by Gasteiger charge is -2.21. The zero-order valence-corrected chi connectivity index (χ0v) is 15.4. The number of carbonyl (C=O) groups excluding carboxylic acids is 1. The van der Waals surface area contributed by atoms with Crippen LogP contribution in [0.15, 0.2) is 42.5 Å². The van der Waals surface area contributed by atoms with E-state index in [1.54, 1.807) is 12.1 Å². The molecule has 5 heteroatoms. The van der Waals surface area contributed by atoms with E-state index in [4.69, 9.17) is 11.6 Å². The SMILES string of the molecule is CNc1ccc(C(=O)NC(C)c2cccc(N3CCCC3)c2)c(Cl)c1. The molecule has 1 aliphatic rings. The van der Waals surface area contributed by atoms with Gasteiger partial charge in [-0.05, 0) is 55.7 Å². The topological polar surface area (TPSA) is 44.4 Å². The van der Waals surface area contributed by atoms with Crippen molar-refractivity contribution in [3.8, 4) is 0 Å². The van der Waals surface area contributed by atoms with E-state index in [2.05, 4.69) is 39.8 Å². The number of hydrogen-bond acceptors (Lipinski definition) is 3. The number of halogens is 1. The Labute approximate surface area is 154 Å². The Balaban J connectivity index is 1.72. The third-order valence-corrected chi connectivity index (χ3v) is 5.00. The van der Waals surface area contributed by atoms with Gasteiger partial charge in [-0.15, -0.1) is 0 Å². The fourth-order valence-corrected chi connectivity index (χ4v) is 3.45. The second-order valence-electron chi connectivity index (χ2n) is 6.43. The summed E-state index contributed by atoms with van der Waals surface area (Å²) in [6.45, 7) is 4.21. The molecule has 0 aliphatic carbocycles. The zero-order chi connectivity index (χ0) is 17.8. The number of nitrogens with zero attached hydrogens (tertiary/aromatic N) is 1. The van der Waals surface area contributed by atoms with Crippen molar-refractivity contribution in [2.24, 2.45) is 0 Å². The number of hydrogen-bond donors (Lipinski definition) is 2. The van der Waals surface area contributed by atoms with E-state index in [-0.39, 0.29) is 11.9 Å². The molecule has 2 N–H and O–H groups in total. The van der Waals surface area contributed by atoms with Gasteiger partial charge in [-0.1, -0.05) is 23.7 Å². The Bertz CT molecular complexity index is 756. The Kier molecular flexibility index (Phi) is 5.49. The van der Waals surface area contributed by atoms with E-state index in [0.717, 1.165) is 24.3 Å². The van der Waals surface area contributed by atoms with Gasteiger partial charge < -0.3 is 15.5 Å². The lowest BCUT2D eigenvalue weighted by molar-refractivity contribution is 0.0940. The number of nitrogens with one attached hydrogen (secondary N) is 2. The summed E-state index contributed by atoms with van der Waals surface area (Å²) in [7, 11) is 1.82. The minimum atomic E-state index is -0.160. The van der Waals surface area contributed by atoms with Gasteiger partial charge >= 0.3 is 0 Å². The van der Waals surface area contributed by atoms with Crippen LogP contribution < -0.4 is 15.5 Å². The first-order valence-corrected chi connectivity index (χ1v) is 9.09. The molecule has 0 radical (unpaired) electrons. The van der Waals surface area contributed by atoms with Gasteiger partial charge in [0.25, 0.3) is 5.91 Å². The summed E-state index contributed by atoms with van der Waals surface area (Å²) in [4.78, 5) is 15.0. The lowest BCUT2D eigenvalue weighted by Crippen LogP contribution is -2.27. The standard InChI is InChI=1S/C20H24ClN3O/c1-14(15-6-5-7-17(12-15)24-10-3-4-11-24)23-20(25)18-9-8-16(22-2)13-19(18)21/h5-9,12-14,22H,3-4,10-11H2,1-2H3,(H,23,25). The van der Waals surface area contributed by atoms with E-state index in [9.17, 15) is 4.79 Å². The lowest BCUT2D eigenvalue weighted by atomic mass is 10.1. The van der Waals surface area contributed by atoms with Crippen molar-refractivity contribution in [3.63, 3.8) is 0 Å². The molecule has 25 heavy (non-hydrogen) atoms. The quantitative estimate of drug-likeness (QED) is 0.829. The van der Waals surface area contributed by atoms with Crippen LogP contribution in [-0.2, 0) is 0 Å². The van der Waals surface area contributed by atoms with Crippen LogP contribution in [0.2, 0.25) is 5.02 Å². The second kappa shape index (κ2) is 7.79. The van der Waals surface area contributed by atoms with E-state index in [1.165, 1.54) is 18.5 Å². The molecule has 2 aromatic rings. The summed E-state index contributed by atoms with van der Waals surface area (Å²) in [6, 6.07) is 13.7. The van der Waals surface area contributed by atoms with Crippen LogP contribution >= 0.6 is 11.6 Å². The maximum absolute atomic E-state index is 12.6. The normalized spacial score (nSPS) is 15.1. The minimum Gasteiger partial charge on any atom is -0.388 e. The zero-order valence-electron chi connectivity index (χ0n) is 14.7. The summed E-state index contributed by atoms with van der Waals surface area (Å²) in [6.07, 6.45) is 2.50. The Hall–Kier alpha value is -2.20. The minimum absolute atomic E-state index is 0.0879. The molecule has 1 saturated heterocycles. The maximum atomic E-state index is 12.6. The highest BCUT2D eigenvalue weighted by atomic mass is 35.5. The highest BCUT2D eigenvalue weighted by Gasteiger charge is 2.17. The third-order valence-electron chi connectivity index (χ3n) is 4.69. The van der Waals surface area contributed by atoms with Crippen LogP contribution in [0.1, 0.15) is 41.7 Å². The largest absolute Gasteiger partial charge is 0.388 e. The molecule has 1 fully saturated rings. The maximum Gasteiger partial charge on any atom is 0.253 e. The van der Waals surface area contributed by atoms with E-state index in [0.29, 0.717) is 10.6 Å². The van der Waals surface area contributed by atoms with Gasteiger partial charge in [-0.25, -0.2) is 0 Å². The number of amides is 1. The van der Waals surface area contributed by atoms with Crippen LogP contribution in [0, 0.1) is 0 Å². The first-order valence-electron chi connectivity index (χ1n) is 8.71. The van der Waals surface area contributed by atoms with Gasteiger partial charge in [-0.2, -0.15) is 0 Å².